The molecule has 1 amide bonds. The molecule has 0 rings (SSSR count). The van der Waals surface area contributed by atoms with Gasteiger partial charge in [-0.3, -0.25) is 18.6 Å². The number of carbonyl (C=O) groups is 2. The number of likely N-dealkylation sites (N-methyl/N-ethyl adjacent to an activating group) is 1. The van der Waals surface area contributed by atoms with Crippen molar-refractivity contribution in [2.24, 2.45) is 0 Å². The van der Waals surface area contributed by atoms with Gasteiger partial charge in [0, 0.05) is 12.8 Å². The lowest BCUT2D eigenvalue weighted by Gasteiger charge is -2.27. The normalized spacial score (nSPS) is 13.7. The van der Waals surface area contributed by atoms with E-state index in [4.69, 9.17) is 13.8 Å². The van der Waals surface area contributed by atoms with Crippen LogP contribution in [0, 0.1) is 0 Å². The summed E-state index contributed by atoms with van der Waals surface area (Å²) in [7, 11) is 1.52. The van der Waals surface area contributed by atoms with Crippen molar-refractivity contribution in [1.82, 2.24) is 5.32 Å². The molecule has 3 atom stereocenters. The third-order valence-corrected chi connectivity index (χ3v) is 16.4. The van der Waals surface area contributed by atoms with E-state index in [1.807, 2.05) is 33.3 Å². The van der Waals surface area contributed by atoms with Crippen molar-refractivity contribution in [2.75, 3.05) is 40.9 Å². The largest absolute Gasteiger partial charge is 0.472 e. The smallest absolute Gasteiger partial charge is 0.456 e. The van der Waals surface area contributed by atoms with Crippen molar-refractivity contribution in [2.45, 2.75) is 354 Å². The molecular weight excluding hydrogens is 976 g/mol. The highest BCUT2D eigenvalue weighted by Crippen LogP contribution is 2.43. The van der Waals surface area contributed by atoms with E-state index in [2.05, 4.69) is 38.2 Å². The molecule has 0 heterocycles. The monoisotopic (exact) mass is 1110 g/mol. The number of rotatable bonds is 62. The lowest BCUT2D eigenvalue weighted by Crippen LogP contribution is -2.47. The van der Waals surface area contributed by atoms with Crippen LogP contribution in [0.25, 0.3) is 0 Å². The molecule has 0 aliphatic rings. The molecule has 77 heavy (non-hydrogen) atoms. The van der Waals surface area contributed by atoms with Gasteiger partial charge in [0.1, 0.15) is 19.3 Å². The molecule has 0 aliphatic heterocycles. The first-order chi connectivity index (χ1) is 37.4. The first-order valence-corrected chi connectivity index (χ1v) is 35.2. The molecule has 0 aromatic carbocycles. The molecule has 2 N–H and O–H groups in total. The Morgan fingerprint density at radius 3 is 1.10 bits per heavy atom. The molecular formula is C67H132N2O7P+. The molecule has 0 aromatic rings. The van der Waals surface area contributed by atoms with Crippen LogP contribution in [0.4, 0.5) is 0 Å². The number of allylic oxidation sites excluding steroid dienone is 3. The van der Waals surface area contributed by atoms with Crippen LogP contribution in [0.1, 0.15) is 342 Å². The zero-order valence-electron chi connectivity index (χ0n) is 52.2. The Bertz CT molecular complexity index is 1370. The van der Waals surface area contributed by atoms with Gasteiger partial charge < -0.3 is 19.4 Å². The van der Waals surface area contributed by atoms with E-state index in [1.54, 1.807) is 0 Å². The van der Waals surface area contributed by atoms with Gasteiger partial charge in [0.25, 0.3) is 0 Å². The second-order valence-corrected chi connectivity index (χ2v) is 25.8. The summed E-state index contributed by atoms with van der Waals surface area (Å²) in [4.78, 5) is 37.8. The molecule has 9 nitrogen and oxygen atoms in total. The van der Waals surface area contributed by atoms with Gasteiger partial charge in [-0.25, -0.2) is 4.57 Å². The van der Waals surface area contributed by atoms with E-state index in [1.165, 1.54) is 250 Å². The van der Waals surface area contributed by atoms with Gasteiger partial charge in [-0.05, 0) is 57.4 Å². The fourth-order valence-corrected chi connectivity index (χ4v) is 10.9. The van der Waals surface area contributed by atoms with Crippen LogP contribution < -0.4 is 5.32 Å². The average molecular weight is 1110 g/mol. The fraction of sp³-hybridized carbons (Fsp3) is 0.910. The third-order valence-electron chi connectivity index (χ3n) is 15.4. The number of phosphoric ester groups is 1. The first-order valence-electron chi connectivity index (χ1n) is 33.7. The molecule has 3 unspecified atom stereocenters. The standard InChI is InChI=1S/C67H131N2O7P/c1-7-10-13-16-19-22-25-28-30-32-33-34-35-37-39-42-45-48-51-54-57-60-67(71)76-65(58-55-52-49-46-43-40-27-24-21-18-15-12-9-3)64(63-75-77(72,73)74-62-61-69(4,5)6)68-66(70)59-56-53-50-47-44-41-38-36-31-29-26-23-20-17-14-11-8-2/h28,30,55,58,64-65H,7-27,29,31-54,56-57,59-63H2,1-6H3,(H-,68,70,72,73)/p+1/b30-28+,58-55+. The molecule has 0 bridgehead atoms. The number of hydrogen-bond donors (Lipinski definition) is 2. The van der Waals surface area contributed by atoms with Crippen molar-refractivity contribution in [3.05, 3.63) is 24.3 Å². The minimum atomic E-state index is -4.45. The SMILES string of the molecule is CCCCCCCC/C=C/CCCCCCCCCCCCCC(=O)OC(/C=C/CCCCCCCCCCCCC)C(COP(=O)(O)OCC[N+](C)(C)C)NC(=O)CCCCCCCCCCCCCCCCCCC. The second-order valence-electron chi connectivity index (χ2n) is 24.4. The van der Waals surface area contributed by atoms with Gasteiger partial charge in [0.15, 0.2) is 0 Å². The second kappa shape index (κ2) is 57.7. The molecule has 0 fully saturated rings. The lowest BCUT2D eigenvalue weighted by atomic mass is 10.0. The van der Waals surface area contributed by atoms with Crippen molar-refractivity contribution < 1.29 is 37.3 Å². The van der Waals surface area contributed by atoms with Gasteiger partial charge in [0.05, 0.1) is 33.8 Å². The highest BCUT2D eigenvalue weighted by Gasteiger charge is 2.30. The summed E-state index contributed by atoms with van der Waals surface area (Å²) < 4.78 is 30.8. The van der Waals surface area contributed by atoms with Crippen molar-refractivity contribution in [1.29, 1.82) is 0 Å². The van der Waals surface area contributed by atoms with E-state index < -0.39 is 20.0 Å². The van der Waals surface area contributed by atoms with E-state index in [-0.39, 0.29) is 25.1 Å². The van der Waals surface area contributed by atoms with Crippen molar-refractivity contribution >= 4 is 19.7 Å². The Morgan fingerprint density at radius 2 is 0.753 bits per heavy atom. The molecule has 0 aliphatic carbocycles. The quantitative estimate of drug-likeness (QED) is 0.0205. The number of ether oxygens (including phenoxy) is 1. The average Bonchev–Trinajstić information content (AvgIpc) is 3.39. The summed E-state index contributed by atoms with van der Waals surface area (Å²) in [5.41, 5.74) is 0. The summed E-state index contributed by atoms with van der Waals surface area (Å²) >= 11 is 0. The number of quaternary nitrogens is 1. The van der Waals surface area contributed by atoms with Crippen LogP contribution in [0.2, 0.25) is 0 Å². The molecule has 10 heteroatoms. The van der Waals surface area contributed by atoms with E-state index in [9.17, 15) is 19.0 Å². The van der Waals surface area contributed by atoms with Gasteiger partial charge in [-0.15, -0.1) is 0 Å². The molecule has 0 aromatic heterocycles. The molecule has 0 radical (unpaired) electrons. The molecule has 456 valence electrons. The number of amides is 1. The van der Waals surface area contributed by atoms with Gasteiger partial charge in [-0.1, -0.05) is 296 Å². The van der Waals surface area contributed by atoms with Crippen LogP contribution in [0.5, 0.6) is 0 Å². The number of phosphoric acid groups is 1. The maximum absolute atomic E-state index is 13.6. The Hall–Kier alpha value is -1.51. The first kappa shape index (κ1) is 75.5. The number of unbranched alkanes of at least 4 members (excludes halogenated alkanes) is 44. The predicted octanol–water partition coefficient (Wildman–Crippen LogP) is 20.9. The van der Waals surface area contributed by atoms with Crippen LogP contribution in [0.3, 0.4) is 0 Å². The minimum absolute atomic E-state index is 0.0442. The maximum Gasteiger partial charge on any atom is 0.472 e. The van der Waals surface area contributed by atoms with Gasteiger partial charge in [-0.2, -0.15) is 0 Å². The Kier molecular flexibility index (Phi) is 56.6. The summed E-state index contributed by atoms with van der Waals surface area (Å²) in [6.45, 7) is 7.07. The summed E-state index contributed by atoms with van der Waals surface area (Å²) in [5, 5.41) is 3.07. The molecule has 0 saturated carbocycles. The molecule has 0 spiro atoms. The Balaban J connectivity index is 5.16. The van der Waals surface area contributed by atoms with Gasteiger partial charge in [0.2, 0.25) is 5.91 Å². The predicted molar refractivity (Wildman–Crippen MR) is 333 cm³/mol. The number of carbonyl (C=O) groups excluding carboxylic acids is 2. The number of nitrogens with zero attached hydrogens (tertiary/aromatic N) is 1. The Morgan fingerprint density at radius 1 is 0.442 bits per heavy atom. The van der Waals surface area contributed by atoms with Gasteiger partial charge >= 0.3 is 13.8 Å². The fourth-order valence-electron chi connectivity index (χ4n) is 10.2. The van der Waals surface area contributed by atoms with E-state index in [0.29, 0.717) is 23.9 Å². The molecule has 0 saturated heterocycles. The summed E-state index contributed by atoms with van der Waals surface area (Å²) in [6.07, 6.45) is 68.9. The highest BCUT2D eigenvalue weighted by atomic mass is 31.2. The number of esters is 1. The number of nitrogens with one attached hydrogen (secondary N) is 1. The van der Waals surface area contributed by atoms with E-state index in [0.717, 1.165) is 57.8 Å². The third kappa shape index (κ3) is 58.9. The van der Waals surface area contributed by atoms with Crippen LogP contribution in [0.15, 0.2) is 24.3 Å². The van der Waals surface area contributed by atoms with Crippen molar-refractivity contribution in [3.63, 3.8) is 0 Å². The van der Waals surface area contributed by atoms with Crippen molar-refractivity contribution in [3.8, 4) is 0 Å². The summed E-state index contributed by atoms with van der Waals surface area (Å²) in [6, 6.07) is -0.843. The number of hydrogen-bond acceptors (Lipinski definition) is 6. The Labute approximate surface area is 479 Å². The maximum atomic E-state index is 13.6. The minimum Gasteiger partial charge on any atom is -0.456 e. The lowest BCUT2D eigenvalue weighted by molar-refractivity contribution is -0.870. The van der Waals surface area contributed by atoms with Crippen LogP contribution in [-0.4, -0.2) is 74.3 Å². The van der Waals surface area contributed by atoms with E-state index >= 15 is 0 Å². The highest BCUT2D eigenvalue weighted by molar-refractivity contribution is 7.47. The zero-order valence-corrected chi connectivity index (χ0v) is 53.1. The summed E-state index contributed by atoms with van der Waals surface area (Å²) in [5.74, 6) is -0.485. The topological polar surface area (TPSA) is 111 Å². The van der Waals surface area contributed by atoms with Crippen LogP contribution in [-0.2, 0) is 27.9 Å². The van der Waals surface area contributed by atoms with Crippen LogP contribution >= 0.6 is 7.82 Å². The zero-order chi connectivity index (χ0) is 56.4.